The van der Waals surface area contributed by atoms with Gasteiger partial charge in [0.05, 0.1) is 34.4 Å². The molecule has 8 nitrogen and oxygen atoms in total. The first kappa shape index (κ1) is 58.7. The molecule has 0 N–H and O–H groups in total. The lowest BCUT2D eigenvalue weighted by atomic mass is 10.0. The minimum absolute atomic E-state index is 0.0256. The van der Waals surface area contributed by atoms with E-state index < -0.39 is 13.9 Å². The lowest BCUT2D eigenvalue weighted by molar-refractivity contribution is -0.870. The summed E-state index contributed by atoms with van der Waals surface area (Å²) in [6, 6.07) is 0. The van der Waals surface area contributed by atoms with Crippen molar-refractivity contribution < 1.29 is 37.3 Å². The number of carbonyl (C=O) groups excluding carboxylic acids is 1. The van der Waals surface area contributed by atoms with Crippen LogP contribution in [0.15, 0.2) is 36.5 Å². The van der Waals surface area contributed by atoms with Crippen molar-refractivity contribution in [1.82, 2.24) is 0 Å². The maximum atomic E-state index is 12.7. The second-order valence-corrected chi connectivity index (χ2v) is 19.6. The highest BCUT2D eigenvalue weighted by Crippen LogP contribution is 2.38. The number of quaternary nitrogens is 1. The van der Waals surface area contributed by atoms with E-state index in [0.29, 0.717) is 24.1 Å². The van der Waals surface area contributed by atoms with Crippen molar-refractivity contribution in [2.24, 2.45) is 0 Å². The van der Waals surface area contributed by atoms with Gasteiger partial charge in [-0.05, 0) is 51.4 Å². The normalized spacial score (nSPS) is 13.9. The number of hydrogen-bond acceptors (Lipinski definition) is 7. The van der Waals surface area contributed by atoms with Crippen LogP contribution in [0.2, 0.25) is 0 Å². The fourth-order valence-corrected chi connectivity index (χ4v) is 7.75. The summed E-state index contributed by atoms with van der Waals surface area (Å²) in [5.74, 6) is -0.338. The van der Waals surface area contributed by atoms with Gasteiger partial charge in [-0.15, -0.1) is 0 Å². The second kappa shape index (κ2) is 44.3. The van der Waals surface area contributed by atoms with Gasteiger partial charge in [0.25, 0.3) is 7.82 Å². The molecule has 2 unspecified atom stereocenters. The average molecular weight is 868 g/mol. The molecule has 60 heavy (non-hydrogen) atoms. The predicted octanol–water partition coefficient (Wildman–Crippen LogP) is 14.7. The summed E-state index contributed by atoms with van der Waals surface area (Å²) in [4.78, 5) is 25.1. The van der Waals surface area contributed by atoms with Gasteiger partial charge in [-0.25, -0.2) is 0 Å². The van der Waals surface area contributed by atoms with Crippen molar-refractivity contribution in [3.8, 4) is 0 Å². The Morgan fingerprint density at radius 2 is 0.917 bits per heavy atom. The Morgan fingerprint density at radius 3 is 1.37 bits per heavy atom. The third-order valence-corrected chi connectivity index (χ3v) is 11.9. The van der Waals surface area contributed by atoms with Gasteiger partial charge in [0, 0.05) is 13.0 Å². The third-order valence-electron chi connectivity index (χ3n) is 10.9. The van der Waals surface area contributed by atoms with Gasteiger partial charge in [-0.1, -0.05) is 204 Å². The number of likely N-dealkylation sites (N-methyl/N-ethyl adjacent to an activating group) is 1. The molecule has 0 aliphatic carbocycles. The molecule has 0 fully saturated rings. The highest BCUT2D eigenvalue weighted by atomic mass is 31.2. The van der Waals surface area contributed by atoms with Crippen LogP contribution < -0.4 is 4.89 Å². The molecule has 354 valence electrons. The lowest BCUT2D eigenvalue weighted by Crippen LogP contribution is -2.37. The molecule has 0 aliphatic rings. The Hall–Kier alpha value is -1.28. The van der Waals surface area contributed by atoms with Crippen LogP contribution in [-0.4, -0.2) is 70.7 Å². The summed E-state index contributed by atoms with van der Waals surface area (Å²) >= 11 is 0. The number of esters is 1. The van der Waals surface area contributed by atoms with Gasteiger partial charge in [0.2, 0.25) is 0 Å². The molecule has 0 saturated heterocycles. The molecule has 0 bridgehead atoms. The fourth-order valence-electron chi connectivity index (χ4n) is 7.03. The quantitative estimate of drug-likeness (QED) is 0.0198. The Morgan fingerprint density at radius 1 is 0.517 bits per heavy atom. The Balaban J connectivity index is 4.15. The number of carbonyl (C=O) groups is 1. The van der Waals surface area contributed by atoms with Gasteiger partial charge < -0.3 is 27.9 Å². The fraction of sp³-hybridized carbons (Fsp3) is 0.863. The molecular formula is C51H98NO7P. The molecule has 0 spiro atoms. The Kier molecular flexibility index (Phi) is 43.4. The van der Waals surface area contributed by atoms with E-state index in [9.17, 15) is 14.3 Å². The monoisotopic (exact) mass is 868 g/mol. The van der Waals surface area contributed by atoms with Crippen molar-refractivity contribution in [2.75, 3.05) is 54.1 Å². The van der Waals surface area contributed by atoms with Crippen molar-refractivity contribution in [3.63, 3.8) is 0 Å². The van der Waals surface area contributed by atoms with Gasteiger partial charge in [0.15, 0.2) is 0 Å². The summed E-state index contributed by atoms with van der Waals surface area (Å²) in [6.45, 7) is 5.43. The molecular weight excluding hydrogens is 770 g/mol. The van der Waals surface area contributed by atoms with E-state index in [1.807, 2.05) is 21.1 Å². The van der Waals surface area contributed by atoms with E-state index in [1.54, 1.807) is 0 Å². The van der Waals surface area contributed by atoms with E-state index in [0.717, 1.165) is 51.4 Å². The summed E-state index contributed by atoms with van der Waals surface area (Å²) in [7, 11) is 1.36. The lowest BCUT2D eigenvalue weighted by Gasteiger charge is -2.28. The minimum Gasteiger partial charge on any atom is -0.756 e. The summed E-state index contributed by atoms with van der Waals surface area (Å²) in [5, 5.41) is 0. The number of rotatable bonds is 47. The van der Waals surface area contributed by atoms with E-state index in [2.05, 4.69) is 50.3 Å². The molecule has 0 radical (unpaired) electrons. The first-order valence-corrected chi connectivity index (χ1v) is 26.7. The molecule has 0 heterocycles. The van der Waals surface area contributed by atoms with E-state index >= 15 is 0 Å². The van der Waals surface area contributed by atoms with Gasteiger partial charge >= 0.3 is 5.97 Å². The van der Waals surface area contributed by atoms with Crippen molar-refractivity contribution in [1.29, 1.82) is 0 Å². The number of phosphoric ester groups is 1. The van der Waals surface area contributed by atoms with Crippen LogP contribution in [0.4, 0.5) is 0 Å². The van der Waals surface area contributed by atoms with E-state index in [-0.39, 0.29) is 25.8 Å². The molecule has 0 aromatic rings. The zero-order chi connectivity index (χ0) is 44.1. The van der Waals surface area contributed by atoms with E-state index in [1.165, 1.54) is 154 Å². The number of phosphoric acid groups is 1. The predicted molar refractivity (Wildman–Crippen MR) is 254 cm³/mol. The van der Waals surface area contributed by atoms with Gasteiger partial charge in [-0.3, -0.25) is 9.36 Å². The molecule has 2 atom stereocenters. The number of ether oxygens (including phenoxy) is 2. The van der Waals surface area contributed by atoms with Crippen LogP contribution in [-0.2, 0) is 27.9 Å². The zero-order valence-corrected chi connectivity index (χ0v) is 41.1. The second-order valence-electron chi connectivity index (χ2n) is 18.2. The first-order valence-electron chi connectivity index (χ1n) is 25.2. The van der Waals surface area contributed by atoms with Crippen molar-refractivity contribution >= 4 is 13.8 Å². The van der Waals surface area contributed by atoms with E-state index in [4.69, 9.17) is 18.5 Å². The van der Waals surface area contributed by atoms with Gasteiger partial charge in [-0.2, -0.15) is 0 Å². The van der Waals surface area contributed by atoms with Crippen LogP contribution >= 0.6 is 7.82 Å². The third kappa shape index (κ3) is 47.8. The molecule has 9 heteroatoms. The Bertz CT molecular complexity index is 1060. The maximum Gasteiger partial charge on any atom is 0.306 e. The van der Waals surface area contributed by atoms with Crippen molar-refractivity contribution in [3.05, 3.63) is 36.5 Å². The summed E-state index contributed by atoms with van der Waals surface area (Å²) in [6.07, 6.45) is 53.0. The molecule has 0 amide bonds. The van der Waals surface area contributed by atoms with Gasteiger partial charge in [0.1, 0.15) is 19.3 Å². The topological polar surface area (TPSA) is 94.1 Å². The molecule has 0 aliphatic heterocycles. The molecule has 0 aromatic carbocycles. The van der Waals surface area contributed by atoms with Crippen LogP contribution in [0.25, 0.3) is 0 Å². The van der Waals surface area contributed by atoms with Crippen LogP contribution in [0, 0.1) is 0 Å². The van der Waals surface area contributed by atoms with Crippen LogP contribution in [0.3, 0.4) is 0 Å². The summed E-state index contributed by atoms with van der Waals surface area (Å²) in [5.41, 5.74) is 0. The molecule has 0 rings (SSSR count). The summed E-state index contributed by atoms with van der Waals surface area (Å²) < 4.78 is 34.7. The maximum absolute atomic E-state index is 12.7. The first-order chi connectivity index (χ1) is 29.1. The number of allylic oxidation sites excluding steroid dienone is 6. The number of hydrogen-bond donors (Lipinski definition) is 0. The van der Waals surface area contributed by atoms with Crippen LogP contribution in [0.5, 0.6) is 0 Å². The van der Waals surface area contributed by atoms with Crippen LogP contribution in [0.1, 0.15) is 226 Å². The Labute approximate surface area is 372 Å². The number of unbranched alkanes of at least 4 members (excludes halogenated alkanes) is 27. The largest absolute Gasteiger partial charge is 0.756 e. The molecule has 0 saturated carbocycles. The SMILES string of the molecule is CCCCCCC/C=C\C/C=C\C/C=C\CCCCCCCCCCC(=O)OC(COCCCCCCCCCCCCCCCCC)COP(=O)([O-])OCC[N+](C)(C)C. The zero-order valence-electron chi connectivity index (χ0n) is 40.2. The highest BCUT2D eigenvalue weighted by molar-refractivity contribution is 7.45. The highest BCUT2D eigenvalue weighted by Gasteiger charge is 2.20. The number of nitrogens with zero attached hydrogens (tertiary/aromatic N) is 1. The smallest absolute Gasteiger partial charge is 0.306 e. The molecule has 0 aromatic heterocycles. The standard InChI is InChI=1S/C51H98NO7P/c1-6-8-10-12-14-16-18-20-22-23-24-25-26-27-28-29-30-32-34-36-38-40-42-44-51(53)59-50(49-58-60(54,55)57-47-45-52(3,4)5)48-56-46-43-41-39-37-35-33-31-21-19-17-15-13-11-9-7-2/h18,20,23-24,26-27,50H,6-17,19,21-22,25,28-49H2,1-5H3/b20-18-,24-23-,27-26-. The average Bonchev–Trinajstić information content (AvgIpc) is 3.20. The minimum atomic E-state index is -4.53. The van der Waals surface area contributed by atoms with Crippen molar-refractivity contribution in [2.45, 2.75) is 232 Å².